The molecular formula is C12H15N3O2. The van der Waals surface area contributed by atoms with Gasteiger partial charge in [0.25, 0.3) is 0 Å². The molecule has 5 nitrogen and oxygen atoms in total. The molecule has 90 valence electrons. The second-order valence-electron chi connectivity index (χ2n) is 3.88. The van der Waals surface area contributed by atoms with Crippen LogP contribution in [0, 0.1) is 0 Å². The zero-order chi connectivity index (χ0) is 12.3. The molecule has 1 aliphatic heterocycles. The highest BCUT2D eigenvalue weighted by Crippen LogP contribution is 2.22. The zero-order valence-corrected chi connectivity index (χ0v) is 9.88. The third-order valence-electron chi connectivity index (χ3n) is 2.67. The number of aliphatic imine (C=N–C) groups is 1. The summed E-state index contributed by atoms with van der Waals surface area (Å²) in [6.45, 7) is 0.753. The van der Waals surface area contributed by atoms with Crippen molar-refractivity contribution in [3.05, 3.63) is 35.9 Å². The van der Waals surface area contributed by atoms with Gasteiger partial charge < -0.3 is 9.64 Å². The molecule has 1 unspecified atom stereocenters. The molecule has 0 spiro atoms. The zero-order valence-electron chi connectivity index (χ0n) is 9.88. The van der Waals surface area contributed by atoms with E-state index in [4.69, 9.17) is 0 Å². The quantitative estimate of drug-likeness (QED) is 0.797. The van der Waals surface area contributed by atoms with E-state index in [0.29, 0.717) is 5.96 Å². The Balaban J connectivity index is 2.11. The van der Waals surface area contributed by atoms with Crippen LogP contribution < -0.4 is 5.32 Å². The van der Waals surface area contributed by atoms with Crippen LogP contribution in [0.3, 0.4) is 0 Å². The number of hydrogen-bond acceptors (Lipinski definition) is 4. The fraction of sp³-hybridized carbons (Fsp3) is 0.333. The number of methoxy groups -OCH3 is 1. The summed E-state index contributed by atoms with van der Waals surface area (Å²) in [5.41, 5.74) is 1.14. The number of rotatable bonds is 1. The molecule has 1 aromatic rings. The van der Waals surface area contributed by atoms with Crippen LogP contribution in [-0.4, -0.2) is 37.7 Å². The largest absolute Gasteiger partial charge is 0.453 e. The number of ether oxygens (including phenoxy) is 1. The lowest BCUT2D eigenvalue weighted by atomic mass is 10.1. The molecule has 1 aromatic carbocycles. The van der Waals surface area contributed by atoms with Crippen LogP contribution in [0.15, 0.2) is 35.3 Å². The smallest absolute Gasteiger partial charge is 0.413 e. The van der Waals surface area contributed by atoms with Gasteiger partial charge >= 0.3 is 6.09 Å². The lowest BCUT2D eigenvalue weighted by molar-refractivity contribution is 0.176. The van der Waals surface area contributed by atoms with Crippen LogP contribution in [0.25, 0.3) is 0 Å². The molecule has 5 heteroatoms. The Labute approximate surface area is 100 Å². The fourth-order valence-corrected chi connectivity index (χ4v) is 1.76. The Morgan fingerprint density at radius 1 is 1.47 bits per heavy atom. The molecule has 1 N–H and O–H groups in total. The highest BCUT2D eigenvalue weighted by Gasteiger charge is 2.24. The van der Waals surface area contributed by atoms with Crippen molar-refractivity contribution >= 4 is 12.1 Å². The average molecular weight is 233 g/mol. The molecule has 1 aliphatic rings. The van der Waals surface area contributed by atoms with Crippen LogP contribution >= 0.6 is 0 Å². The van der Waals surface area contributed by atoms with Crippen molar-refractivity contribution in [1.29, 1.82) is 0 Å². The number of amides is 1. The van der Waals surface area contributed by atoms with Gasteiger partial charge in [-0.05, 0) is 5.56 Å². The van der Waals surface area contributed by atoms with Gasteiger partial charge in [-0.2, -0.15) is 0 Å². The van der Waals surface area contributed by atoms with E-state index in [2.05, 4.69) is 15.0 Å². The summed E-state index contributed by atoms with van der Waals surface area (Å²) in [5, 5.41) is 2.59. The van der Waals surface area contributed by atoms with Gasteiger partial charge in [0.1, 0.15) is 0 Å². The molecular weight excluding hydrogens is 218 g/mol. The van der Waals surface area contributed by atoms with Crippen LogP contribution in [0.4, 0.5) is 4.79 Å². The van der Waals surface area contributed by atoms with E-state index < -0.39 is 6.09 Å². The molecule has 1 heterocycles. The van der Waals surface area contributed by atoms with Gasteiger partial charge in [-0.25, -0.2) is 9.79 Å². The van der Waals surface area contributed by atoms with E-state index in [1.807, 2.05) is 42.3 Å². The highest BCUT2D eigenvalue weighted by atomic mass is 16.5. The molecule has 0 saturated carbocycles. The molecule has 0 radical (unpaired) electrons. The monoisotopic (exact) mass is 233 g/mol. The first-order valence-electron chi connectivity index (χ1n) is 5.39. The molecule has 1 amide bonds. The van der Waals surface area contributed by atoms with E-state index >= 15 is 0 Å². The minimum absolute atomic E-state index is 0.0633. The molecule has 1 atom stereocenters. The van der Waals surface area contributed by atoms with Gasteiger partial charge in [0.2, 0.25) is 5.96 Å². The van der Waals surface area contributed by atoms with Crippen molar-refractivity contribution in [3.63, 3.8) is 0 Å². The number of carbonyl (C=O) groups is 1. The standard InChI is InChI=1S/C12H15N3O2/c1-15-8-10(9-6-4-3-5-7-9)13-11(15)14-12(16)17-2/h3-7,10H,8H2,1-2H3,(H,13,14,16). The minimum atomic E-state index is -0.496. The van der Waals surface area contributed by atoms with Crippen molar-refractivity contribution < 1.29 is 9.53 Å². The fourth-order valence-electron chi connectivity index (χ4n) is 1.76. The average Bonchev–Trinajstić information content (AvgIpc) is 2.72. The maximum Gasteiger partial charge on any atom is 0.413 e. The summed E-state index contributed by atoms with van der Waals surface area (Å²) in [7, 11) is 3.22. The Morgan fingerprint density at radius 3 is 2.82 bits per heavy atom. The number of carbonyl (C=O) groups excluding carboxylic acids is 1. The first kappa shape index (κ1) is 11.4. The van der Waals surface area contributed by atoms with E-state index in [0.717, 1.165) is 12.1 Å². The Morgan fingerprint density at radius 2 is 2.18 bits per heavy atom. The molecule has 0 saturated heterocycles. The number of nitrogens with zero attached hydrogens (tertiary/aromatic N) is 2. The normalized spacial score (nSPS) is 18.8. The van der Waals surface area contributed by atoms with Crippen molar-refractivity contribution in [2.24, 2.45) is 4.99 Å². The molecule has 0 bridgehead atoms. The SMILES string of the molecule is COC(=O)NC1=NC(c2ccccc2)CN1C. The molecule has 17 heavy (non-hydrogen) atoms. The van der Waals surface area contributed by atoms with Crippen molar-refractivity contribution in [3.8, 4) is 0 Å². The van der Waals surface area contributed by atoms with Crippen LogP contribution in [0.1, 0.15) is 11.6 Å². The van der Waals surface area contributed by atoms with Gasteiger partial charge in [-0.1, -0.05) is 30.3 Å². The topological polar surface area (TPSA) is 53.9 Å². The number of benzene rings is 1. The lowest BCUT2D eigenvalue weighted by Gasteiger charge is -2.14. The summed E-state index contributed by atoms with van der Waals surface area (Å²) < 4.78 is 4.54. The van der Waals surface area contributed by atoms with Gasteiger partial charge in [-0.15, -0.1) is 0 Å². The summed E-state index contributed by atoms with van der Waals surface area (Å²) in [6, 6.07) is 10.1. The van der Waals surface area contributed by atoms with Crippen LogP contribution in [0.2, 0.25) is 0 Å². The number of likely N-dealkylation sites (N-methyl/N-ethyl adjacent to an activating group) is 1. The predicted molar refractivity (Wildman–Crippen MR) is 64.8 cm³/mol. The van der Waals surface area contributed by atoms with Crippen LogP contribution in [0.5, 0.6) is 0 Å². The van der Waals surface area contributed by atoms with E-state index in [-0.39, 0.29) is 6.04 Å². The number of hydrogen-bond donors (Lipinski definition) is 1. The van der Waals surface area contributed by atoms with Crippen molar-refractivity contribution in [2.75, 3.05) is 20.7 Å². The molecule has 0 fully saturated rings. The maximum absolute atomic E-state index is 11.1. The van der Waals surface area contributed by atoms with Crippen LogP contribution in [-0.2, 0) is 4.74 Å². The second-order valence-corrected chi connectivity index (χ2v) is 3.88. The van der Waals surface area contributed by atoms with E-state index in [1.54, 1.807) is 0 Å². The minimum Gasteiger partial charge on any atom is -0.453 e. The van der Waals surface area contributed by atoms with Gasteiger partial charge in [0.05, 0.1) is 13.2 Å². The Bertz CT molecular complexity index is 431. The van der Waals surface area contributed by atoms with Gasteiger partial charge in [0, 0.05) is 13.6 Å². The van der Waals surface area contributed by atoms with Gasteiger partial charge in [-0.3, -0.25) is 5.32 Å². The third-order valence-corrected chi connectivity index (χ3v) is 2.67. The van der Waals surface area contributed by atoms with Crippen molar-refractivity contribution in [1.82, 2.24) is 10.2 Å². The summed E-state index contributed by atoms with van der Waals surface area (Å²) >= 11 is 0. The maximum atomic E-state index is 11.1. The predicted octanol–water partition coefficient (Wildman–Crippen LogP) is 1.39. The van der Waals surface area contributed by atoms with E-state index in [9.17, 15) is 4.79 Å². The molecule has 0 aliphatic carbocycles. The summed E-state index contributed by atoms with van der Waals surface area (Å²) in [6.07, 6.45) is -0.496. The lowest BCUT2D eigenvalue weighted by Crippen LogP contribution is -2.39. The Kier molecular flexibility index (Phi) is 3.27. The first-order valence-corrected chi connectivity index (χ1v) is 5.39. The second kappa shape index (κ2) is 4.86. The van der Waals surface area contributed by atoms with Crippen molar-refractivity contribution in [2.45, 2.75) is 6.04 Å². The molecule has 0 aromatic heterocycles. The van der Waals surface area contributed by atoms with E-state index in [1.165, 1.54) is 7.11 Å². The number of alkyl carbamates (subject to hydrolysis) is 1. The van der Waals surface area contributed by atoms with Gasteiger partial charge in [0.15, 0.2) is 0 Å². The summed E-state index contributed by atoms with van der Waals surface area (Å²) in [4.78, 5) is 17.5. The first-order chi connectivity index (χ1) is 8.20. The number of guanidine groups is 1. The Hall–Kier alpha value is -2.04. The highest BCUT2D eigenvalue weighted by molar-refractivity contribution is 5.94. The number of nitrogens with one attached hydrogen (secondary N) is 1. The molecule has 2 rings (SSSR count). The third kappa shape index (κ3) is 2.55. The summed E-state index contributed by atoms with van der Waals surface area (Å²) in [5.74, 6) is 0.547.